The van der Waals surface area contributed by atoms with Crippen LogP contribution in [0.1, 0.15) is 19.8 Å². The molecule has 1 saturated heterocycles. The van der Waals surface area contributed by atoms with Crippen LogP contribution >= 0.6 is 0 Å². The molecule has 0 radical (unpaired) electrons. The molecule has 7 heteroatoms. The van der Waals surface area contributed by atoms with Gasteiger partial charge in [-0.25, -0.2) is 4.79 Å². The van der Waals surface area contributed by atoms with Gasteiger partial charge >= 0.3 is 12.3 Å². The highest BCUT2D eigenvalue weighted by Crippen LogP contribution is 2.17. The van der Waals surface area contributed by atoms with Gasteiger partial charge in [-0.15, -0.1) is 0 Å². The van der Waals surface area contributed by atoms with Crippen LogP contribution in [0.25, 0.3) is 0 Å². The molecule has 17 heavy (non-hydrogen) atoms. The summed E-state index contributed by atoms with van der Waals surface area (Å²) in [4.78, 5) is 12.6. The van der Waals surface area contributed by atoms with Crippen molar-refractivity contribution in [2.75, 3.05) is 26.3 Å². The van der Waals surface area contributed by atoms with E-state index in [0.29, 0.717) is 32.5 Å². The summed E-state index contributed by atoms with van der Waals surface area (Å²) in [6.45, 7) is 1.70. The lowest BCUT2D eigenvalue weighted by Crippen LogP contribution is -2.42. The SMILES string of the molecule is CCOC1CCN(C(=O)OCC(F)(F)F)CC1. The molecule has 0 N–H and O–H groups in total. The molecule has 0 saturated carbocycles. The van der Waals surface area contributed by atoms with Crippen LogP contribution in [-0.2, 0) is 9.47 Å². The molecule has 0 aromatic heterocycles. The molecule has 4 nitrogen and oxygen atoms in total. The van der Waals surface area contributed by atoms with E-state index >= 15 is 0 Å². The predicted molar refractivity (Wildman–Crippen MR) is 53.6 cm³/mol. The van der Waals surface area contributed by atoms with Crippen LogP contribution in [0.3, 0.4) is 0 Å². The fourth-order valence-corrected chi connectivity index (χ4v) is 1.68. The van der Waals surface area contributed by atoms with Crippen LogP contribution in [0.2, 0.25) is 0 Å². The van der Waals surface area contributed by atoms with Gasteiger partial charge in [0.05, 0.1) is 6.10 Å². The molecule has 1 rings (SSSR count). The van der Waals surface area contributed by atoms with Crippen molar-refractivity contribution in [3.63, 3.8) is 0 Å². The number of hydrogen-bond acceptors (Lipinski definition) is 3. The lowest BCUT2D eigenvalue weighted by atomic mass is 10.1. The number of amides is 1. The van der Waals surface area contributed by atoms with Crippen LogP contribution in [-0.4, -0.2) is 49.6 Å². The van der Waals surface area contributed by atoms with Gasteiger partial charge in [0.15, 0.2) is 6.61 Å². The molecule has 0 atom stereocenters. The molecule has 1 aliphatic rings. The summed E-state index contributed by atoms with van der Waals surface area (Å²) >= 11 is 0. The second kappa shape index (κ2) is 6.09. The van der Waals surface area contributed by atoms with Gasteiger partial charge in [0.1, 0.15) is 0 Å². The first-order valence-electron chi connectivity index (χ1n) is 5.52. The molecule has 1 heterocycles. The Hall–Kier alpha value is -0.980. The first kappa shape index (κ1) is 14.1. The monoisotopic (exact) mass is 255 g/mol. The Morgan fingerprint density at radius 1 is 1.35 bits per heavy atom. The molecule has 0 aromatic rings. The topological polar surface area (TPSA) is 38.8 Å². The zero-order chi connectivity index (χ0) is 12.9. The lowest BCUT2D eigenvalue weighted by Gasteiger charge is -2.31. The minimum Gasteiger partial charge on any atom is -0.440 e. The van der Waals surface area contributed by atoms with Gasteiger partial charge in [0.2, 0.25) is 0 Å². The van der Waals surface area contributed by atoms with Gasteiger partial charge < -0.3 is 14.4 Å². The van der Waals surface area contributed by atoms with Crippen molar-refractivity contribution in [1.82, 2.24) is 4.90 Å². The average molecular weight is 255 g/mol. The van der Waals surface area contributed by atoms with E-state index in [1.165, 1.54) is 4.90 Å². The number of alkyl halides is 3. The van der Waals surface area contributed by atoms with E-state index in [0.717, 1.165) is 0 Å². The number of ether oxygens (including phenoxy) is 2. The maximum Gasteiger partial charge on any atom is 0.422 e. The van der Waals surface area contributed by atoms with E-state index in [1.54, 1.807) is 0 Å². The molecule has 0 aliphatic carbocycles. The minimum absolute atomic E-state index is 0.0895. The summed E-state index contributed by atoms with van der Waals surface area (Å²) in [6, 6.07) is 0. The van der Waals surface area contributed by atoms with E-state index < -0.39 is 18.9 Å². The number of piperidine rings is 1. The van der Waals surface area contributed by atoms with E-state index in [4.69, 9.17) is 4.74 Å². The van der Waals surface area contributed by atoms with Crippen LogP contribution in [0, 0.1) is 0 Å². The second-order valence-corrected chi connectivity index (χ2v) is 3.81. The highest BCUT2D eigenvalue weighted by atomic mass is 19.4. The maximum atomic E-state index is 11.8. The molecule has 0 aromatic carbocycles. The third-order valence-corrected chi connectivity index (χ3v) is 2.46. The summed E-state index contributed by atoms with van der Waals surface area (Å²) in [5.74, 6) is 0. The summed E-state index contributed by atoms with van der Waals surface area (Å²) in [7, 11) is 0. The highest BCUT2D eigenvalue weighted by Gasteiger charge is 2.31. The number of halogens is 3. The molecule has 1 amide bonds. The Balaban J connectivity index is 2.26. The molecule has 0 bridgehead atoms. The zero-order valence-corrected chi connectivity index (χ0v) is 9.63. The van der Waals surface area contributed by atoms with E-state index in [1.807, 2.05) is 6.92 Å². The van der Waals surface area contributed by atoms with Gasteiger partial charge in [-0.1, -0.05) is 0 Å². The number of rotatable bonds is 3. The fourth-order valence-electron chi connectivity index (χ4n) is 1.68. The standard InChI is InChI=1S/C10H16F3NO3/c1-2-16-8-3-5-14(6-4-8)9(15)17-7-10(11,12)13/h8H,2-7H2,1H3. The van der Waals surface area contributed by atoms with Crippen molar-refractivity contribution in [3.8, 4) is 0 Å². The fraction of sp³-hybridized carbons (Fsp3) is 0.900. The summed E-state index contributed by atoms with van der Waals surface area (Å²) in [5, 5.41) is 0. The summed E-state index contributed by atoms with van der Waals surface area (Å²) < 4.78 is 45.0. The Labute approximate surface area is 97.7 Å². The Morgan fingerprint density at radius 2 is 1.94 bits per heavy atom. The average Bonchev–Trinajstić information content (AvgIpc) is 2.26. The number of hydrogen-bond donors (Lipinski definition) is 0. The van der Waals surface area contributed by atoms with Crippen molar-refractivity contribution in [1.29, 1.82) is 0 Å². The van der Waals surface area contributed by atoms with Gasteiger partial charge in [0.25, 0.3) is 0 Å². The maximum absolute atomic E-state index is 11.8. The van der Waals surface area contributed by atoms with Crippen molar-refractivity contribution >= 4 is 6.09 Å². The van der Waals surface area contributed by atoms with E-state index in [9.17, 15) is 18.0 Å². The van der Waals surface area contributed by atoms with Crippen LogP contribution in [0.5, 0.6) is 0 Å². The van der Waals surface area contributed by atoms with Crippen molar-refractivity contribution in [2.24, 2.45) is 0 Å². The van der Waals surface area contributed by atoms with Crippen LogP contribution in [0.4, 0.5) is 18.0 Å². The Bertz CT molecular complexity index is 250. The first-order chi connectivity index (χ1) is 7.92. The molecule has 0 spiro atoms. The molecule has 1 fully saturated rings. The molecule has 100 valence electrons. The van der Waals surface area contributed by atoms with E-state index in [2.05, 4.69) is 4.74 Å². The normalized spacial score (nSPS) is 18.2. The number of carbonyl (C=O) groups excluding carboxylic acids is 1. The number of carbonyl (C=O) groups is 1. The Morgan fingerprint density at radius 3 is 2.41 bits per heavy atom. The quantitative estimate of drug-likeness (QED) is 0.776. The van der Waals surface area contributed by atoms with Crippen LogP contribution in [0.15, 0.2) is 0 Å². The molecule has 1 aliphatic heterocycles. The largest absolute Gasteiger partial charge is 0.440 e. The lowest BCUT2D eigenvalue weighted by molar-refractivity contribution is -0.162. The third-order valence-electron chi connectivity index (χ3n) is 2.46. The molecule has 0 unspecified atom stereocenters. The first-order valence-corrected chi connectivity index (χ1v) is 5.52. The second-order valence-electron chi connectivity index (χ2n) is 3.81. The zero-order valence-electron chi connectivity index (χ0n) is 9.63. The minimum atomic E-state index is -4.47. The van der Waals surface area contributed by atoms with Gasteiger partial charge in [-0.2, -0.15) is 13.2 Å². The smallest absolute Gasteiger partial charge is 0.422 e. The van der Waals surface area contributed by atoms with Gasteiger partial charge in [-0.3, -0.25) is 0 Å². The molecular formula is C10H16F3NO3. The van der Waals surface area contributed by atoms with Crippen molar-refractivity contribution in [3.05, 3.63) is 0 Å². The van der Waals surface area contributed by atoms with Gasteiger partial charge in [-0.05, 0) is 19.8 Å². The Kier molecular flexibility index (Phi) is 5.04. The highest BCUT2D eigenvalue weighted by molar-refractivity contribution is 5.67. The van der Waals surface area contributed by atoms with Crippen LogP contribution < -0.4 is 0 Å². The van der Waals surface area contributed by atoms with Crippen molar-refractivity contribution < 1.29 is 27.4 Å². The molecular weight excluding hydrogens is 239 g/mol. The number of likely N-dealkylation sites (tertiary alicyclic amines) is 1. The third kappa shape index (κ3) is 5.25. The summed E-state index contributed by atoms with van der Waals surface area (Å²) in [6.07, 6.45) is -4.02. The number of nitrogens with zero attached hydrogens (tertiary/aromatic N) is 1. The van der Waals surface area contributed by atoms with Crippen molar-refractivity contribution in [2.45, 2.75) is 32.0 Å². The summed E-state index contributed by atoms with van der Waals surface area (Å²) in [5.41, 5.74) is 0. The predicted octanol–water partition coefficient (Wildman–Crippen LogP) is 2.19. The van der Waals surface area contributed by atoms with Gasteiger partial charge in [0, 0.05) is 19.7 Å². The van der Waals surface area contributed by atoms with E-state index in [-0.39, 0.29) is 6.10 Å².